The van der Waals surface area contributed by atoms with Crippen molar-refractivity contribution in [3.63, 3.8) is 0 Å². The molecular weight excluding hydrogens is 166 g/mol. The number of rotatable bonds is 3. The highest BCUT2D eigenvalue weighted by Gasteiger charge is 2.23. The van der Waals surface area contributed by atoms with Crippen molar-refractivity contribution in [2.24, 2.45) is 11.8 Å². The SMILES string of the molecule is C[C@H]1CC[C@@H](C(=O)NCCO)CC1. The van der Waals surface area contributed by atoms with E-state index in [4.69, 9.17) is 5.11 Å². The van der Waals surface area contributed by atoms with Crippen LogP contribution < -0.4 is 5.32 Å². The second kappa shape index (κ2) is 5.22. The first-order chi connectivity index (χ1) is 6.24. The fourth-order valence-electron chi connectivity index (χ4n) is 1.85. The Kier molecular flexibility index (Phi) is 4.22. The lowest BCUT2D eigenvalue weighted by Gasteiger charge is -2.25. The van der Waals surface area contributed by atoms with E-state index in [9.17, 15) is 4.79 Å². The van der Waals surface area contributed by atoms with E-state index in [1.54, 1.807) is 0 Å². The van der Waals surface area contributed by atoms with E-state index in [2.05, 4.69) is 12.2 Å². The quantitative estimate of drug-likeness (QED) is 0.687. The fourth-order valence-corrected chi connectivity index (χ4v) is 1.85. The Morgan fingerprint density at radius 1 is 1.38 bits per heavy atom. The van der Waals surface area contributed by atoms with Crippen molar-refractivity contribution in [3.8, 4) is 0 Å². The predicted octanol–water partition coefficient (Wildman–Crippen LogP) is 0.921. The van der Waals surface area contributed by atoms with Gasteiger partial charge in [0.05, 0.1) is 6.61 Å². The molecular formula is C10H19NO2. The smallest absolute Gasteiger partial charge is 0.223 e. The maximum atomic E-state index is 11.4. The van der Waals surface area contributed by atoms with Gasteiger partial charge in [0.15, 0.2) is 0 Å². The Balaban J connectivity index is 2.23. The summed E-state index contributed by atoms with van der Waals surface area (Å²) in [7, 11) is 0. The van der Waals surface area contributed by atoms with Crippen molar-refractivity contribution in [2.45, 2.75) is 32.6 Å². The number of aliphatic hydroxyl groups excluding tert-OH is 1. The van der Waals surface area contributed by atoms with Gasteiger partial charge >= 0.3 is 0 Å². The maximum absolute atomic E-state index is 11.4. The lowest BCUT2D eigenvalue weighted by molar-refractivity contribution is -0.126. The Hall–Kier alpha value is -0.570. The van der Waals surface area contributed by atoms with Crippen LogP contribution in [0.2, 0.25) is 0 Å². The molecule has 1 amide bonds. The summed E-state index contributed by atoms with van der Waals surface area (Å²) in [5.74, 6) is 1.10. The first kappa shape index (κ1) is 10.5. The van der Waals surface area contributed by atoms with Crippen LogP contribution in [0.15, 0.2) is 0 Å². The molecule has 1 fully saturated rings. The summed E-state index contributed by atoms with van der Waals surface area (Å²) in [6, 6.07) is 0. The Bertz CT molecular complexity index is 162. The summed E-state index contributed by atoms with van der Waals surface area (Å²) in [6.45, 7) is 2.67. The third-order valence-electron chi connectivity index (χ3n) is 2.80. The topological polar surface area (TPSA) is 49.3 Å². The number of hydrogen-bond donors (Lipinski definition) is 2. The van der Waals surface area contributed by atoms with Crippen molar-refractivity contribution >= 4 is 5.91 Å². The van der Waals surface area contributed by atoms with E-state index in [-0.39, 0.29) is 18.4 Å². The fraction of sp³-hybridized carbons (Fsp3) is 0.900. The van der Waals surface area contributed by atoms with Crippen LogP contribution in [0.4, 0.5) is 0 Å². The van der Waals surface area contributed by atoms with E-state index >= 15 is 0 Å². The van der Waals surface area contributed by atoms with E-state index in [0.717, 1.165) is 31.6 Å². The minimum Gasteiger partial charge on any atom is -0.395 e. The van der Waals surface area contributed by atoms with Gasteiger partial charge in [-0.3, -0.25) is 4.79 Å². The predicted molar refractivity (Wildman–Crippen MR) is 51.2 cm³/mol. The first-order valence-corrected chi connectivity index (χ1v) is 5.12. The maximum Gasteiger partial charge on any atom is 0.223 e. The standard InChI is InChI=1S/C10H19NO2/c1-8-2-4-9(5-3-8)10(13)11-6-7-12/h8-9,12H,2-7H2,1H3,(H,11,13)/t8-,9+. The van der Waals surface area contributed by atoms with Gasteiger partial charge in [0.25, 0.3) is 0 Å². The molecule has 0 aromatic heterocycles. The molecule has 1 saturated carbocycles. The van der Waals surface area contributed by atoms with Crippen LogP contribution in [0.3, 0.4) is 0 Å². The molecule has 0 bridgehead atoms. The van der Waals surface area contributed by atoms with Gasteiger partial charge in [-0.15, -0.1) is 0 Å². The number of carbonyl (C=O) groups is 1. The molecule has 0 saturated heterocycles. The molecule has 13 heavy (non-hydrogen) atoms. The number of nitrogens with one attached hydrogen (secondary N) is 1. The number of hydrogen-bond acceptors (Lipinski definition) is 2. The minimum absolute atomic E-state index is 0.0366. The minimum atomic E-state index is 0.0366. The second-order valence-electron chi connectivity index (χ2n) is 3.97. The highest BCUT2D eigenvalue weighted by Crippen LogP contribution is 2.28. The summed E-state index contributed by atoms with van der Waals surface area (Å²) in [6.07, 6.45) is 4.35. The second-order valence-corrected chi connectivity index (χ2v) is 3.97. The third-order valence-corrected chi connectivity index (χ3v) is 2.80. The van der Waals surface area contributed by atoms with Crippen LogP contribution in [0.5, 0.6) is 0 Å². The van der Waals surface area contributed by atoms with Gasteiger partial charge in [0, 0.05) is 12.5 Å². The van der Waals surface area contributed by atoms with Gasteiger partial charge < -0.3 is 10.4 Å². The molecule has 0 unspecified atom stereocenters. The van der Waals surface area contributed by atoms with Crippen molar-refractivity contribution in [3.05, 3.63) is 0 Å². The van der Waals surface area contributed by atoms with E-state index < -0.39 is 0 Å². The Morgan fingerprint density at radius 3 is 2.54 bits per heavy atom. The molecule has 0 aromatic rings. The molecule has 0 radical (unpaired) electrons. The summed E-state index contributed by atoms with van der Waals surface area (Å²) < 4.78 is 0. The van der Waals surface area contributed by atoms with Crippen molar-refractivity contribution in [1.29, 1.82) is 0 Å². The largest absolute Gasteiger partial charge is 0.395 e. The number of aliphatic hydroxyl groups is 1. The highest BCUT2D eigenvalue weighted by molar-refractivity contribution is 5.78. The Labute approximate surface area is 79.5 Å². The zero-order valence-electron chi connectivity index (χ0n) is 8.25. The normalized spacial score (nSPS) is 28.5. The molecule has 1 aliphatic carbocycles. The van der Waals surface area contributed by atoms with Crippen LogP contribution in [0, 0.1) is 11.8 Å². The molecule has 0 heterocycles. The van der Waals surface area contributed by atoms with Crippen LogP contribution >= 0.6 is 0 Å². The lowest BCUT2D eigenvalue weighted by atomic mass is 9.82. The molecule has 0 aliphatic heterocycles. The molecule has 76 valence electrons. The van der Waals surface area contributed by atoms with E-state index in [0.29, 0.717) is 6.54 Å². The van der Waals surface area contributed by atoms with Gasteiger partial charge in [-0.1, -0.05) is 6.92 Å². The molecule has 1 rings (SSSR count). The average molecular weight is 185 g/mol. The van der Waals surface area contributed by atoms with Crippen molar-refractivity contribution in [2.75, 3.05) is 13.2 Å². The summed E-state index contributed by atoms with van der Waals surface area (Å²) in [4.78, 5) is 11.4. The summed E-state index contributed by atoms with van der Waals surface area (Å²) in [5.41, 5.74) is 0. The van der Waals surface area contributed by atoms with Crippen LogP contribution in [-0.4, -0.2) is 24.2 Å². The number of carbonyl (C=O) groups excluding carboxylic acids is 1. The van der Waals surface area contributed by atoms with Crippen LogP contribution in [-0.2, 0) is 4.79 Å². The zero-order chi connectivity index (χ0) is 9.68. The Morgan fingerprint density at radius 2 is 2.00 bits per heavy atom. The molecule has 1 aliphatic rings. The van der Waals surface area contributed by atoms with Gasteiger partial charge in [0.1, 0.15) is 0 Å². The molecule has 0 spiro atoms. The van der Waals surface area contributed by atoms with E-state index in [1.807, 2.05) is 0 Å². The molecule has 0 atom stereocenters. The van der Waals surface area contributed by atoms with Crippen molar-refractivity contribution < 1.29 is 9.90 Å². The van der Waals surface area contributed by atoms with Crippen molar-refractivity contribution in [1.82, 2.24) is 5.32 Å². The third kappa shape index (κ3) is 3.35. The molecule has 3 heteroatoms. The van der Waals surface area contributed by atoms with Gasteiger partial charge in [-0.25, -0.2) is 0 Å². The van der Waals surface area contributed by atoms with Crippen LogP contribution in [0.25, 0.3) is 0 Å². The summed E-state index contributed by atoms with van der Waals surface area (Å²) in [5, 5.41) is 11.3. The van der Waals surface area contributed by atoms with Gasteiger partial charge in [-0.2, -0.15) is 0 Å². The van der Waals surface area contributed by atoms with E-state index in [1.165, 1.54) is 0 Å². The monoisotopic (exact) mass is 185 g/mol. The summed E-state index contributed by atoms with van der Waals surface area (Å²) >= 11 is 0. The first-order valence-electron chi connectivity index (χ1n) is 5.12. The average Bonchev–Trinajstić information content (AvgIpc) is 2.15. The lowest BCUT2D eigenvalue weighted by Crippen LogP contribution is -2.34. The van der Waals surface area contributed by atoms with Crippen LogP contribution in [0.1, 0.15) is 32.6 Å². The van der Waals surface area contributed by atoms with Gasteiger partial charge in [-0.05, 0) is 31.6 Å². The molecule has 3 nitrogen and oxygen atoms in total. The highest BCUT2D eigenvalue weighted by atomic mass is 16.3. The molecule has 2 N–H and O–H groups in total. The number of amides is 1. The zero-order valence-corrected chi connectivity index (χ0v) is 8.25. The van der Waals surface area contributed by atoms with Gasteiger partial charge in [0.2, 0.25) is 5.91 Å². The molecule has 0 aromatic carbocycles.